The number of carbonyl (C=O) groups is 11. The summed E-state index contributed by atoms with van der Waals surface area (Å²) in [4.78, 5) is 178. The van der Waals surface area contributed by atoms with E-state index in [1.807, 2.05) is 68.4 Å². The van der Waals surface area contributed by atoms with Crippen LogP contribution < -0.4 is 16.0 Å². The zero-order valence-corrected chi connectivity index (χ0v) is 63.7. The molecule has 3 rings (SSSR count). The van der Waals surface area contributed by atoms with Crippen LogP contribution in [0.25, 0.3) is 0 Å². The van der Waals surface area contributed by atoms with Crippen molar-refractivity contribution >= 4 is 76.7 Å². The van der Waals surface area contributed by atoms with Crippen LogP contribution >= 0.6 is 11.8 Å². The molecule has 3 aliphatic rings. The van der Waals surface area contributed by atoms with Crippen LogP contribution in [0, 0.1) is 35.5 Å². The minimum Gasteiger partial charge on any atom is -0.390 e. The van der Waals surface area contributed by atoms with Crippen molar-refractivity contribution in [1.29, 1.82) is 0 Å². The molecule has 0 aliphatic carbocycles. The van der Waals surface area contributed by atoms with Gasteiger partial charge in [0, 0.05) is 85.5 Å². The maximum atomic E-state index is 15.6. The summed E-state index contributed by atoms with van der Waals surface area (Å²) in [5, 5.41) is 21.0. The van der Waals surface area contributed by atoms with Gasteiger partial charge in [-0.3, -0.25) is 57.6 Å². The number of aliphatic hydroxyl groups excluding tert-OH is 1. The molecule has 11 amide bonds. The van der Waals surface area contributed by atoms with Gasteiger partial charge in [-0.15, -0.1) is 0 Å². The topological polar surface area (TPSA) is 282 Å². The number of thioether (sulfide) groups is 1. The van der Waals surface area contributed by atoms with Gasteiger partial charge in [0.2, 0.25) is 65.0 Å². The molecule has 3 heterocycles. The maximum absolute atomic E-state index is 15.6. The van der Waals surface area contributed by atoms with E-state index >= 15 is 33.6 Å². The summed E-state index contributed by atoms with van der Waals surface area (Å²) >= 11 is 1.47. The number of rotatable bonds is 18. The van der Waals surface area contributed by atoms with Crippen molar-refractivity contribution in [2.24, 2.45) is 35.5 Å². The highest BCUT2D eigenvalue weighted by Gasteiger charge is 2.49. The van der Waals surface area contributed by atoms with Crippen molar-refractivity contribution in [3.05, 3.63) is 12.2 Å². The smallest absolute Gasteiger partial charge is 0.246 e. The number of nitrogens with zero attached hydrogens (tertiary/aromatic N) is 9. The standard InChI is InChI=1S/C70H124N12O13S/c1-26-28-29-45(13)58(83)57-61(86)72-49(27-2)63(88)78(23)54(38-96-70(17,18)39-81-30-32-95-33-31-81)66(91)74(19)50(34-40(3)4)60(85)73-55(43(9)10)68(93)77(22)53-37-46(14)82(67(53)92)48(16)59(84)71-47(15)62(87)75(20)51(35-41(5)6)64(89)76(21)52(36-42(7)8)65(90)79(24)56(44(11)12)69(94)80(57)25/h26,28,40-58,83H,27,29-39H2,1-25H3,(H,71,84)(H,72,86)(H,73,85)/b28-26+/t45-,46?,47+,48-,49-,50+,51-,52-,53-,54-,55-,56-,57-,58-/m1/s1. The van der Waals surface area contributed by atoms with Gasteiger partial charge in [0.25, 0.3) is 0 Å². The minimum absolute atomic E-state index is 0.00114. The van der Waals surface area contributed by atoms with Crippen molar-refractivity contribution < 1.29 is 62.6 Å². The Labute approximate surface area is 579 Å². The zero-order chi connectivity index (χ0) is 73.5. The molecule has 3 saturated heterocycles. The van der Waals surface area contributed by atoms with Crippen molar-refractivity contribution in [3.8, 4) is 0 Å². The molecular formula is C70H124N12O13S. The second-order valence-electron chi connectivity index (χ2n) is 29.9. The predicted octanol–water partition coefficient (Wildman–Crippen LogP) is 3.94. The number of allylic oxidation sites excluding steroid dienone is 2. The fourth-order valence-electron chi connectivity index (χ4n) is 13.3. The predicted molar refractivity (Wildman–Crippen MR) is 374 cm³/mol. The summed E-state index contributed by atoms with van der Waals surface area (Å²) in [6.07, 6.45) is 2.96. The Bertz CT molecular complexity index is 2710. The van der Waals surface area contributed by atoms with E-state index in [0.29, 0.717) is 39.3 Å². The number of likely N-dealkylation sites (N-methyl/N-ethyl adjacent to an activating group) is 7. The Morgan fingerprint density at radius 3 is 1.53 bits per heavy atom. The summed E-state index contributed by atoms with van der Waals surface area (Å²) < 4.78 is 5.14. The number of nitrogens with one attached hydrogen (secondary N) is 3. The Morgan fingerprint density at radius 2 is 1.03 bits per heavy atom. The molecule has 0 aromatic carbocycles. The van der Waals surface area contributed by atoms with Crippen LogP contribution in [0.5, 0.6) is 0 Å². The number of ether oxygens (including phenoxy) is 1. The van der Waals surface area contributed by atoms with E-state index in [1.54, 1.807) is 54.5 Å². The summed E-state index contributed by atoms with van der Waals surface area (Å²) in [6, 6.07) is -14.1. The number of hydrogen-bond acceptors (Lipinski definition) is 15. The lowest BCUT2D eigenvalue weighted by atomic mass is 9.91. The largest absolute Gasteiger partial charge is 0.390 e. The Kier molecular flexibility index (Phi) is 32.8. The monoisotopic (exact) mass is 1370 g/mol. The number of fused-ring (bicyclic) bond motifs is 2. The fraction of sp³-hybridized carbons (Fsp3) is 0.814. The molecule has 26 heteroatoms. The molecular weight excluding hydrogens is 1250 g/mol. The van der Waals surface area contributed by atoms with Crippen LogP contribution in [-0.4, -0.2) is 285 Å². The molecule has 1 unspecified atom stereocenters. The quantitative estimate of drug-likeness (QED) is 0.142. The van der Waals surface area contributed by atoms with Gasteiger partial charge in [-0.1, -0.05) is 95.2 Å². The average molecular weight is 1370 g/mol. The van der Waals surface area contributed by atoms with Gasteiger partial charge in [-0.05, 0) is 116 Å². The summed E-state index contributed by atoms with van der Waals surface area (Å²) in [5.41, 5.74) is 0. The third-order valence-corrected chi connectivity index (χ3v) is 20.7. The second kappa shape index (κ2) is 37.4. The minimum atomic E-state index is -1.64. The van der Waals surface area contributed by atoms with E-state index in [9.17, 15) is 24.3 Å². The van der Waals surface area contributed by atoms with Gasteiger partial charge in [-0.25, -0.2) is 0 Å². The SMILES string of the molecule is C/C=C/C[C@@H](C)[C@@H](O)[C@@H]1C(=O)N[C@H](CC)C(=O)N(C)[C@H](CSC(C)(C)CN2CCOCC2)C(=O)N(C)[C@@H](CC(C)C)C(=O)N[C@H](C(C)C)C(=O)N(C)[C@@H]2CC(C)N(C2=O)[C@H](C)C(=O)N[C@@H](C)C(=O)N(C)[C@H](CC(C)C)C(=O)N(C)[C@H](CC(C)C)C(=O)N(C)[C@H](C(C)C)C(=O)N1C. The van der Waals surface area contributed by atoms with Crippen molar-refractivity contribution in [1.82, 2.24) is 60.0 Å². The first-order valence-corrected chi connectivity index (χ1v) is 35.8. The van der Waals surface area contributed by atoms with Gasteiger partial charge in [0.15, 0.2) is 0 Å². The molecule has 0 aromatic heterocycles. The Morgan fingerprint density at radius 1 is 0.552 bits per heavy atom. The third-order valence-electron chi connectivity index (χ3n) is 19.3. The lowest BCUT2D eigenvalue weighted by molar-refractivity contribution is -0.157. The first-order chi connectivity index (χ1) is 44.5. The van der Waals surface area contributed by atoms with E-state index in [-0.39, 0.29) is 55.6 Å². The fourth-order valence-corrected chi connectivity index (χ4v) is 14.6. The van der Waals surface area contributed by atoms with Crippen LogP contribution in [0.2, 0.25) is 0 Å². The molecule has 548 valence electrons. The number of carbonyl (C=O) groups excluding carboxylic acids is 11. The third kappa shape index (κ3) is 21.8. The van der Waals surface area contributed by atoms with Gasteiger partial charge in [-0.2, -0.15) is 11.8 Å². The highest BCUT2D eigenvalue weighted by Crippen LogP contribution is 2.31. The van der Waals surface area contributed by atoms with E-state index in [1.165, 1.54) is 109 Å². The van der Waals surface area contributed by atoms with Gasteiger partial charge >= 0.3 is 0 Å². The summed E-state index contributed by atoms with van der Waals surface area (Å²) in [7, 11) is 10.2. The summed E-state index contributed by atoms with van der Waals surface area (Å²) in [6.45, 7) is 35.5. The molecule has 14 atom stereocenters. The van der Waals surface area contributed by atoms with Crippen molar-refractivity contribution in [2.45, 2.75) is 247 Å². The number of hydrogen-bond donors (Lipinski definition) is 4. The molecule has 3 fully saturated rings. The van der Waals surface area contributed by atoms with E-state index in [0.717, 1.165) is 4.90 Å². The van der Waals surface area contributed by atoms with Gasteiger partial charge < -0.3 is 65.0 Å². The number of amides is 11. The lowest BCUT2D eigenvalue weighted by Gasteiger charge is -2.42. The molecule has 4 N–H and O–H groups in total. The van der Waals surface area contributed by atoms with Crippen LogP contribution in [0.3, 0.4) is 0 Å². The highest BCUT2D eigenvalue weighted by atomic mass is 32.2. The Hall–Kier alpha value is -5.86. The second-order valence-corrected chi connectivity index (χ2v) is 31.6. The molecule has 0 saturated carbocycles. The molecule has 3 aliphatic heterocycles. The molecule has 0 spiro atoms. The molecule has 96 heavy (non-hydrogen) atoms. The number of morpholine rings is 1. The average Bonchev–Trinajstić information content (AvgIpc) is 1.48. The van der Waals surface area contributed by atoms with E-state index in [4.69, 9.17) is 4.74 Å². The van der Waals surface area contributed by atoms with Crippen molar-refractivity contribution in [3.63, 3.8) is 0 Å². The summed E-state index contributed by atoms with van der Waals surface area (Å²) in [5.74, 6) is -9.29. The first-order valence-electron chi connectivity index (χ1n) is 34.8. The Balaban J connectivity index is 2.40. The highest BCUT2D eigenvalue weighted by molar-refractivity contribution is 8.00. The van der Waals surface area contributed by atoms with Crippen LogP contribution in [-0.2, 0) is 57.5 Å². The molecule has 0 radical (unpaired) electrons. The van der Waals surface area contributed by atoms with Gasteiger partial charge in [0.1, 0.15) is 66.5 Å². The first kappa shape index (κ1) is 84.4. The van der Waals surface area contributed by atoms with Crippen LogP contribution in [0.15, 0.2) is 12.2 Å². The zero-order valence-electron chi connectivity index (χ0n) is 62.9. The van der Waals surface area contributed by atoms with Crippen LogP contribution in [0.1, 0.15) is 163 Å². The normalized spacial score (nSPS) is 28.6. The molecule has 2 bridgehead atoms. The molecule has 25 nitrogen and oxygen atoms in total. The maximum Gasteiger partial charge on any atom is 0.246 e. The van der Waals surface area contributed by atoms with E-state index < -0.39 is 166 Å². The lowest BCUT2D eigenvalue weighted by Crippen LogP contribution is -2.64. The molecule has 0 aromatic rings. The van der Waals surface area contributed by atoms with Crippen molar-refractivity contribution in [2.75, 3.05) is 87.9 Å². The van der Waals surface area contributed by atoms with Gasteiger partial charge in [0.05, 0.1) is 19.3 Å². The van der Waals surface area contributed by atoms with E-state index in [2.05, 4.69) is 20.9 Å². The number of aliphatic hydroxyl groups is 1. The van der Waals surface area contributed by atoms with Crippen LogP contribution in [0.4, 0.5) is 0 Å².